The van der Waals surface area contributed by atoms with Gasteiger partial charge >= 0.3 is 6.18 Å². The lowest BCUT2D eigenvalue weighted by Crippen LogP contribution is -2.36. The summed E-state index contributed by atoms with van der Waals surface area (Å²) in [6.07, 6.45) is -4.06. The molecule has 0 aliphatic carbocycles. The SMILES string of the molecule is CNC(=O)[C@H](NCC[C@H](c1ccc(C(F)(F)F)cc1)c1ccccc1F)c1ccccc1. The second kappa shape index (κ2) is 10.4. The van der Waals surface area contributed by atoms with E-state index in [1.54, 1.807) is 25.2 Å². The van der Waals surface area contributed by atoms with Crippen LogP contribution in [0.5, 0.6) is 0 Å². The van der Waals surface area contributed by atoms with Gasteiger partial charge in [0.2, 0.25) is 5.91 Å². The number of amides is 1. The maximum atomic E-state index is 14.6. The van der Waals surface area contributed by atoms with Crippen LogP contribution in [0.25, 0.3) is 0 Å². The van der Waals surface area contributed by atoms with Crippen molar-refractivity contribution in [2.75, 3.05) is 13.6 Å². The van der Waals surface area contributed by atoms with Crippen LogP contribution in [0.4, 0.5) is 17.6 Å². The third kappa shape index (κ3) is 5.73. The number of likely N-dealkylation sites (N-methyl/N-ethyl adjacent to an activating group) is 1. The summed E-state index contributed by atoms with van der Waals surface area (Å²) < 4.78 is 53.4. The monoisotopic (exact) mass is 444 g/mol. The predicted molar refractivity (Wildman–Crippen MR) is 116 cm³/mol. The molecule has 0 heterocycles. The van der Waals surface area contributed by atoms with Gasteiger partial charge in [-0.05, 0) is 47.9 Å². The molecule has 3 aromatic rings. The zero-order valence-electron chi connectivity index (χ0n) is 17.5. The van der Waals surface area contributed by atoms with Crippen LogP contribution in [0, 0.1) is 5.82 Å². The summed E-state index contributed by atoms with van der Waals surface area (Å²) in [5, 5.41) is 5.82. The summed E-state index contributed by atoms with van der Waals surface area (Å²) in [7, 11) is 1.55. The third-order valence-electron chi connectivity index (χ3n) is 5.34. The molecule has 0 radical (unpaired) electrons. The summed E-state index contributed by atoms with van der Waals surface area (Å²) in [5.74, 6) is -1.12. The van der Waals surface area contributed by atoms with Crippen LogP contribution in [-0.4, -0.2) is 19.5 Å². The number of benzene rings is 3. The molecule has 0 fully saturated rings. The maximum Gasteiger partial charge on any atom is 0.416 e. The van der Waals surface area contributed by atoms with E-state index < -0.39 is 29.5 Å². The Kier molecular flexibility index (Phi) is 7.64. The van der Waals surface area contributed by atoms with Gasteiger partial charge in [0.25, 0.3) is 0 Å². The third-order valence-corrected chi connectivity index (χ3v) is 5.34. The molecule has 7 heteroatoms. The molecule has 0 spiro atoms. The molecule has 32 heavy (non-hydrogen) atoms. The minimum absolute atomic E-state index is 0.215. The van der Waals surface area contributed by atoms with Crippen LogP contribution >= 0.6 is 0 Å². The van der Waals surface area contributed by atoms with Gasteiger partial charge in [-0.1, -0.05) is 60.7 Å². The fraction of sp³-hybridized carbons (Fsp3) is 0.240. The van der Waals surface area contributed by atoms with Gasteiger partial charge in [-0.2, -0.15) is 13.2 Å². The van der Waals surface area contributed by atoms with Crippen LogP contribution in [0.1, 0.15) is 40.6 Å². The maximum absolute atomic E-state index is 14.6. The lowest BCUT2D eigenvalue weighted by molar-refractivity contribution is -0.137. The van der Waals surface area contributed by atoms with Gasteiger partial charge < -0.3 is 10.6 Å². The van der Waals surface area contributed by atoms with Crippen molar-refractivity contribution < 1.29 is 22.4 Å². The van der Waals surface area contributed by atoms with Crippen LogP contribution < -0.4 is 10.6 Å². The van der Waals surface area contributed by atoms with Gasteiger partial charge in [0.15, 0.2) is 0 Å². The van der Waals surface area contributed by atoms with Crippen LogP contribution in [0.15, 0.2) is 78.9 Å². The van der Waals surface area contributed by atoms with Crippen molar-refractivity contribution in [3.05, 3.63) is 107 Å². The van der Waals surface area contributed by atoms with E-state index in [2.05, 4.69) is 10.6 Å². The number of hydrogen-bond acceptors (Lipinski definition) is 2. The van der Waals surface area contributed by atoms with Gasteiger partial charge in [0, 0.05) is 13.0 Å². The average molecular weight is 444 g/mol. The molecule has 168 valence electrons. The highest BCUT2D eigenvalue weighted by Gasteiger charge is 2.30. The van der Waals surface area contributed by atoms with Crippen molar-refractivity contribution in [3.63, 3.8) is 0 Å². The summed E-state index contributed by atoms with van der Waals surface area (Å²) >= 11 is 0. The summed E-state index contributed by atoms with van der Waals surface area (Å²) in [6, 6.07) is 19.6. The van der Waals surface area contributed by atoms with Crippen LogP contribution in [0.2, 0.25) is 0 Å². The molecule has 0 bridgehead atoms. The van der Waals surface area contributed by atoms with Crippen LogP contribution in [0.3, 0.4) is 0 Å². The average Bonchev–Trinajstić information content (AvgIpc) is 2.80. The Hall–Kier alpha value is -3.19. The number of alkyl halides is 3. The topological polar surface area (TPSA) is 41.1 Å². The van der Waals surface area contributed by atoms with Crippen LogP contribution in [-0.2, 0) is 11.0 Å². The van der Waals surface area contributed by atoms with E-state index in [4.69, 9.17) is 0 Å². The molecule has 0 aromatic heterocycles. The first kappa shape index (κ1) is 23.5. The molecule has 0 aliphatic rings. The Bertz CT molecular complexity index is 1020. The van der Waals surface area contributed by atoms with E-state index in [0.29, 0.717) is 24.1 Å². The highest BCUT2D eigenvalue weighted by atomic mass is 19.4. The van der Waals surface area contributed by atoms with Crippen molar-refractivity contribution in [1.29, 1.82) is 0 Å². The standard InChI is InChI=1S/C25H24F4N2O/c1-30-24(32)23(18-7-3-2-4-8-18)31-16-15-20(21-9-5-6-10-22(21)26)17-11-13-19(14-12-17)25(27,28)29/h2-14,20,23,31H,15-16H2,1H3,(H,30,32)/t20-,23-/m1/s1. The molecule has 2 N–H and O–H groups in total. The summed E-state index contributed by atoms with van der Waals surface area (Å²) in [5.41, 5.74) is 0.991. The molecule has 0 unspecified atom stereocenters. The first-order chi connectivity index (χ1) is 15.3. The quantitative estimate of drug-likeness (QED) is 0.454. The molecule has 0 saturated heterocycles. The lowest BCUT2D eigenvalue weighted by atomic mass is 9.87. The highest BCUT2D eigenvalue weighted by Crippen LogP contribution is 2.34. The van der Waals surface area contributed by atoms with Gasteiger partial charge in [-0.3, -0.25) is 4.79 Å². The van der Waals surface area contributed by atoms with E-state index in [1.165, 1.54) is 18.2 Å². The highest BCUT2D eigenvalue weighted by molar-refractivity contribution is 5.82. The Morgan fingerprint density at radius 1 is 0.875 bits per heavy atom. The Balaban J connectivity index is 1.83. The fourth-order valence-corrected chi connectivity index (χ4v) is 3.69. The number of rotatable bonds is 8. The second-order valence-electron chi connectivity index (χ2n) is 7.39. The number of hydrogen-bond donors (Lipinski definition) is 2. The minimum Gasteiger partial charge on any atom is -0.358 e. The van der Waals surface area contributed by atoms with Gasteiger partial charge in [-0.15, -0.1) is 0 Å². The largest absolute Gasteiger partial charge is 0.416 e. The van der Waals surface area contributed by atoms with E-state index in [-0.39, 0.29) is 5.91 Å². The van der Waals surface area contributed by atoms with E-state index in [9.17, 15) is 22.4 Å². The van der Waals surface area contributed by atoms with Crippen molar-refractivity contribution in [2.45, 2.75) is 24.6 Å². The van der Waals surface area contributed by atoms with Crippen molar-refractivity contribution in [1.82, 2.24) is 10.6 Å². The van der Waals surface area contributed by atoms with Crippen molar-refractivity contribution >= 4 is 5.91 Å². The smallest absolute Gasteiger partial charge is 0.358 e. The molecule has 3 nitrogen and oxygen atoms in total. The Morgan fingerprint density at radius 3 is 2.09 bits per heavy atom. The fourth-order valence-electron chi connectivity index (χ4n) is 3.69. The minimum atomic E-state index is -4.44. The first-order valence-corrected chi connectivity index (χ1v) is 10.2. The molecule has 3 rings (SSSR count). The van der Waals surface area contributed by atoms with Gasteiger partial charge in [-0.25, -0.2) is 4.39 Å². The zero-order valence-corrected chi connectivity index (χ0v) is 17.5. The van der Waals surface area contributed by atoms with Crippen molar-refractivity contribution in [2.24, 2.45) is 0 Å². The lowest BCUT2D eigenvalue weighted by Gasteiger charge is -2.22. The van der Waals surface area contributed by atoms with E-state index in [0.717, 1.165) is 17.7 Å². The summed E-state index contributed by atoms with van der Waals surface area (Å²) in [6.45, 7) is 0.340. The summed E-state index contributed by atoms with van der Waals surface area (Å²) in [4.78, 5) is 12.4. The number of carbonyl (C=O) groups excluding carboxylic acids is 1. The Morgan fingerprint density at radius 2 is 1.50 bits per heavy atom. The normalized spacial score (nSPS) is 13.4. The number of halogens is 4. The number of carbonyl (C=O) groups is 1. The molecule has 1 amide bonds. The number of nitrogens with one attached hydrogen (secondary N) is 2. The molecule has 0 saturated carbocycles. The Labute approximate surface area is 184 Å². The second-order valence-corrected chi connectivity index (χ2v) is 7.39. The van der Waals surface area contributed by atoms with E-state index in [1.807, 2.05) is 30.3 Å². The van der Waals surface area contributed by atoms with Gasteiger partial charge in [0.05, 0.1) is 5.56 Å². The zero-order chi connectivity index (χ0) is 23.1. The molecular weight excluding hydrogens is 420 g/mol. The van der Waals surface area contributed by atoms with E-state index >= 15 is 0 Å². The molecule has 3 aromatic carbocycles. The first-order valence-electron chi connectivity index (χ1n) is 10.2. The molecule has 0 aliphatic heterocycles. The molecule has 2 atom stereocenters. The molecular formula is C25H24F4N2O. The van der Waals surface area contributed by atoms with Crippen molar-refractivity contribution in [3.8, 4) is 0 Å². The van der Waals surface area contributed by atoms with Gasteiger partial charge in [0.1, 0.15) is 11.9 Å². The predicted octanol–water partition coefficient (Wildman–Crippen LogP) is 5.44.